The molecule has 4 heterocycles. The molecule has 2 atom stereocenters. The first-order valence-electron chi connectivity index (χ1n) is 9.16. The minimum atomic E-state index is 0.0237. The van der Waals surface area contributed by atoms with E-state index in [9.17, 15) is 0 Å². The number of nitrogens with zero attached hydrogens (tertiary/aromatic N) is 5. The highest BCUT2D eigenvalue weighted by atomic mass is 35.5. The number of H-pyrrole nitrogens is 1. The first-order chi connectivity index (χ1) is 13.3. The van der Waals surface area contributed by atoms with E-state index < -0.39 is 0 Å². The van der Waals surface area contributed by atoms with E-state index in [-0.39, 0.29) is 12.1 Å². The van der Waals surface area contributed by atoms with Crippen LogP contribution in [-0.4, -0.2) is 36.6 Å². The Bertz CT molecular complexity index is 1140. The van der Waals surface area contributed by atoms with Crippen LogP contribution in [0.2, 0.25) is 5.02 Å². The van der Waals surface area contributed by atoms with Crippen molar-refractivity contribution in [3.8, 4) is 0 Å². The molecular weight excluding hydrogens is 360 g/mol. The molecule has 0 saturated carbocycles. The highest BCUT2D eigenvalue weighted by Gasteiger charge is 2.42. The number of nitrogens with one attached hydrogen (secondary N) is 1. The van der Waals surface area contributed by atoms with Gasteiger partial charge in [0.05, 0.1) is 18.6 Å². The van der Waals surface area contributed by atoms with Crippen LogP contribution in [0.5, 0.6) is 0 Å². The van der Waals surface area contributed by atoms with Gasteiger partial charge in [-0.2, -0.15) is 0 Å². The van der Waals surface area contributed by atoms with Crippen molar-refractivity contribution in [3.05, 3.63) is 76.2 Å². The summed E-state index contributed by atoms with van der Waals surface area (Å²) in [6, 6.07) is 16.8. The first-order valence-corrected chi connectivity index (χ1v) is 9.54. The molecule has 2 aromatic heterocycles. The van der Waals surface area contributed by atoms with Gasteiger partial charge < -0.3 is 4.98 Å². The van der Waals surface area contributed by atoms with Crippen LogP contribution in [0, 0.1) is 0 Å². The topological polar surface area (TPSA) is 62.6 Å². The predicted molar refractivity (Wildman–Crippen MR) is 103 cm³/mol. The number of halogens is 1. The molecule has 0 amide bonds. The number of para-hydroxylation sites is 1. The van der Waals surface area contributed by atoms with Crippen LogP contribution < -0.4 is 0 Å². The van der Waals surface area contributed by atoms with Gasteiger partial charge in [0.2, 0.25) is 0 Å². The Kier molecular flexibility index (Phi) is 3.21. The molecule has 0 fully saturated rings. The first kappa shape index (κ1) is 15.4. The summed E-state index contributed by atoms with van der Waals surface area (Å²) in [7, 11) is 0. The van der Waals surface area contributed by atoms with Crippen molar-refractivity contribution in [1.29, 1.82) is 0 Å². The average Bonchev–Trinajstić information content (AvgIpc) is 3.31. The van der Waals surface area contributed by atoms with Gasteiger partial charge in [-0.15, -0.1) is 5.10 Å². The van der Waals surface area contributed by atoms with Gasteiger partial charge in [0.1, 0.15) is 0 Å². The quantitative estimate of drug-likeness (QED) is 0.552. The van der Waals surface area contributed by atoms with Crippen LogP contribution in [0.4, 0.5) is 0 Å². The van der Waals surface area contributed by atoms with Crippen LogP contribution >= 0.6 is 11.6 Å². The van der Waals surface area contributed by atoms with Crippen molar-refractivity contribution in [2.24, 2.45) is 0 Å². The van der Waals surface area contributed by atoms with Gasteiger partial charge in [-0.05, 0) is 46.2 Å². The molecule has 4 aromatic rings. The van der Waals surface area contributed by atoms with Gasteiger partial charge >= 0.3 is 0 Å². The second-order valence-electron chi connectivity index (χ2n) is 7.24. The number of benzene rings is 2. The van der Waals surface area contributed by atoms with Gasteiger partial charge in [-0.3, -0.25) is 4.90 Å². The lowest BCUT2D eigenvalue weighted by Gasteiger charge is -2.43. The van der Waals surface area contributed by atoms with Gasteiger partial charge in [0, 0.05) is 28.2 Å². The molecule has 2 aliphatic rings. The summed E-state index contributed by atoms with van der Waals surface area (Å²) in [5.41, 5.74) is 5.09. The third kappa shape index (κ3) is 2.20. The normalized spacial score (nSPS) is 21.7. The number of tetrazole rings is 1. The average molecular weight is 377 g/mol. The van der Waals surface area contributed by atoms with Gasteiger partial charge in [0.25, 0.3) is 0 Å². The van der Waals surface area contributed by atoms with Gasteiger partial charge in [0.15, 0.2) is 5.82 Å². The fourth-order valence-corrected chi connectivity index (χ4v) is 4.80. The molecule has 6 nitrogen and oxygen atoms in total. The number of aromatic nitrogens is 5. The minimum absolute atomic E-state index is 0.0237. The van der Waals surface area contributed by atoms with E-state index in [1.54, 1.807) is 0 Å². The maximum atomic E-state index is 6.12. The van der Waals surface area contributed by atoms with E-state index >= 15 is 0 Å². The molecular formula is C20H17ClN6. The smallest absolute Gasteiger partial charge is 0.173 e. The van der Waals surface area contributed by atoms with Gasteiger partial charge in [-0.1, -0.05) is 41.9 Å². The number of aromatic amines is 1. The number of hydrogen-bond acceptors (Lipinski definition) is 4. The van der Waals surface area contributed by atoms with Crippen molar-refractivity contribution in [3.63, 3.8) is 0 Å². The van der Waals surface area contributed by atoms with Crippen molar-refractivity contribution in [2.45, 2.75) is 25.0 Å². The number of fused-ring (bicyclic) bond motifs is 6. The lowest BCUT2D eigenvalue weighted by molar-refractivity contribution is 0.0889. The summed E-state index contributed by atoms with van der Waals surface area (Å²) < 4.78 is 1.95. The van der Waals surface area contributed by atoms with Crippen molar-refractivity contribution >= 4 is 22.5 Å². The second kappa shape index (κ2) is 5.65. The van der Waals surface area contributed by atoms with Crippen molar-refractivity contribution in [2.75, 3.05) is 6.54 Å². The van der Waals surface area contributed by atoms with Crippen LogP contribution in [-0.2, 0) is 13.0 Å². The molecule has 0 saturated heterocycles. The Morgan fingerprint density at radius 1 is 1.07 bits per heavy atom. The molecule has 2 unspecified atom stereocenters. The largest absolute Gasteiger partial charge is 0.357 e. The number of hydrogen-bond donors (Lipinski definition) is 1. The van der Waals surface area contributed by atoms with Crippen molar-refractivity contribution < 1.29 is 0 Å². The maximum absolute atomic E-state index is 6.12. The van der Waals surface area contributed by atoms with E-state index in [1.165, 1.54) is 27.7 Å². The second-order valence-corrected chi connectivity index (χ2v) is 7.68. The Labute approximate surface area is 160 Å². The lowest BCUT2D eigenvalue weighted by atomic mass is 9.91. The molecule has 0 spiro atoms. The predicted octanol–water partition coefficient (Wildman–Crippen LogP) is 3.51. The fraction of sp³-hybridized carbons (Fsp3) is 0.250. The summed E-state index contributed by atoms with van der Waals surface area (Å²) >= 11 is 6.12. The molecule has 27 heavy (non-hydrogen) atoms. The molecule has 0 radical (unpaired) electrons. The van der Waals surface area contributed by atoms with Crippen molar-refractivity contribution in [1.82, 2.24) is 30.1 Å². The standard InChI is InChI=1S/C20H17ClN6/c21-13-7-5-12(6-8-13)19-20-23-24-25-27(20)11-17-18-15(9-10-26(17)19)14-3-1-2-4-16(14)22-18/h1-8,17,19,22H,9-11H2. The lowest BCUT2D eigenvalue weighted by Crippen LogP contribution is -2.45. The molecule has 0 bridgehead atoms. The van der Waals surface area contributed by atoms with Crippen LogP contribution in [0.25, 0.3) is 10.9 Å². The third-order valence-corrected chi connectivity index (χ3v) is 6.12. The molecule has 2 aliphatic heterocycles. The van der Waals surface area contributed by atoms with Crippen LogP contribution in [0.3, 0.4) is 0 Å². The summed E-state index contributed by atoms with van der Waals surface area (Å²) in [5.74, 6) is 0.896. The monoisotopic (exact) mass is 376 g/mol. The molecule has 7 heteroatoms. The van der Waals surface area contributed by atoms with E-state index in [2.05, 4.69) is 61.8 Å². The summed E-state index contributed by atoms with van der Waals surface area (Å²) in [6.07, 6.45) is 1.02. The SMILES string of the molecule is Clc1ccc(C2c3nnnn3CC3c4[nH]c5ccccc5c4CCN32)cc1. The minimum Gasteiger partial charge on any atom is -0.357 e. The highest BCUT2D eigenvalue weighted by Crippen LogP contribution is 2.44. The number of rotatable bonds is 1. The summed E-state index contributed by atoms with van der Waals surface area (Å²) in [4.78, 5) is 6.20. The summed E-state index contributed by atoms with van der Waals surface area (Å²) in [6.45, 7) is 1.73. The maximum Gasteiger partial charge on any atom is 0.173 e. The molecule has 134 valence electrons. The van der Waals surface area contributed by atoms with E-state index in [0.29, 0.717) is 0 Å². The van der Waals surface area contributed by atoms with Gasteiger partial charge in [-0.25, -0.2) is 4.68 Å². The molecule has 0 aliphatic carbocycles. The Morgan fingerprint density at radius 2 is 1.93 bits per heavy atom. The fourth-order valence-electron chi connectivity index (χ4n) is 4.68. The highest BCUT2D eigenvalue weighted by molar-refractivity contribution is 6.30. The third-order valence-electron chi connectivity index (χ3n) is 5.87. The Morgan fingerprint density at radius 3 is 2.81 bits per heavy atom. The Balaban J connectivity index is 1.53. The molecule has 6 rings (SSSR count). The zero-order chi connectivity index (χ0) is 18.0. The molecule has 2 aromatic carbocycles. The van der Waals surface area contributed by atoms with E-state index in [4.69, 9.17) is 11.6 Å². The van der Waals surface area contributed by atoms with E-state index in [0.717, 1.165) is 30.4 Å². The zero-order valence-corrected chi connectivity index (χ0v) is 15.3. The zero-order valence-electron chi connectivity index (χ0n) is 14.5. The van der Waals surface area contributed by atoms with Crippen LogP contribution in [0.1, 0.15) is 34.7 Å². The summed E-state index contributed by atoms with van der Waals surface area (Å²) in [5, 5.41) is 14.6. The van der Waals surface area contributed by atoms with E-state index in [1.807, 2.05) is 16.8 Å². The molecule has 1 N–H and O–H groups in total. The Hall–Kier alpha value is -2.70. The van der Waals surface area contributed by atoms with Crippen LogP contribution in [0.15, 0.2) is 48.5 Å².